The monoisotopic (exact) mass is 300 g/mol. The maximum Gasteiger partial charge on any atom is 0.245 e. The van der Waals surface area contributed by atoms with Gasteiger partial charge < -0.3 is 10.2 Å². The third-order valence-corrected chi connectivity index (χ3v) is 4.82. The fraction of sp³-hybridized carbons (Fsp3) is 0.867. The number of carbonyl (C=O) groups excluding carboxylic acids is 2. The Morgan fingerprint density at radius 1 is 1.35 bits per heavy atom. The van der Waals surface area contributed by atoms with Crippen LogP contribution in [-0.2, 0) is 9.59 Å². The number of carbonyl (C=O) groups is 2. The van der Waals surface area contributed by atoms with E-state index in [2.05, 4.69) is 12.2 Å². The van der Waals surface area contributed by atoms with Crippen LogP contribution in [0.15, 0.2) is 0 Å². The average molecular weight is 300 g/mol. The Hall–Kier alpha value is -0.710. The fourth-order valence-corrected chi connectivity index (χ4v) is 3.69. The number of amides is 2. The summed E-state index contributed by atoms with van der Waals surface area (Å²) in [7, 11) is 0. The van der Waals surface area contributed by atoms with Crippen molar-refractivity contribution in [3.63, 3.8) is 0 Å². The topological polar surface area (TPSA) is 49.4 Å². The van der Waals surface area contributed by atoms with Gasteiger partial charge in [-0.05, 0) is 24.5 Å². The summed E-state index contributed by atoms with van der Waals surface area (Å²) in [5.41, 5.74) is 0. The predicted octanol–water partition coefficient (Wildman–Crippen LogP) is 2.28. The second-order valence-electron chi connectivity index (χ2n) is 5.78. The van der Waals surface area contributed by atoms with Crippen LogP contribution in [0.25, 0.3) is 0 Å². The molecule has 5 heteroatoms. The summed E-state index contributed by atoms with van der Waals surface area (Å²) in [6, 6.07) is -0.391. The molecule has 0 saturated carbocycles. The molecular weight excluding hydrogens is 272 g/mol. The minimum atomic E-state index is -0.391. The van der Waals surface area contributed by atoms with E-state index in [0.29, 0.717) is 5.25 Å². The minimum absolute atomic E-state index is 0.0822. The lowest BCUT2D eigenvalue weighted by atomic mass is 10.0. The molecule has 0 aromatic carbocycles. The van der Waals surface area contributed by atoms with Gasteiger partial charge in [0.1, 0.15) is 6.04 Å². The van der Waals surface area contributed by atoms with Crippen LogP contribution in [0.2, 0.25) is 0 Å². The third-order valence-electron chi connectivity index (χ3n) is 3.63. The number of likely N-dealkylation sites (tertiary alicyclic amines) is 1. The first-order valence-electron chi connectivity index (χ1n) is 7.63. The minimum Gasteiger partial charge on any atom is -0.344 e. The SMILES string of the molecule is CCSC1CCCCN(C(=O)C(NC(C)=O)C(C)C)C1. The average Bonchev–Trinajstić information content (AvgIpc) is 2.61. The summed E-state index contributed by atoms with van der Waals surface area (Å²) in [6.45, 7) is 9.24. The lowest BCUT2D eigenvalue weighted by Crippen LogP contribution is -2.51. The van der Waals surface area contributed by atoms with Crippen molar-refractivity contribution in [3.05, 3.63) is 0 Å². The number of rotatable bonds is 5. The van der Waals surface area contributed by atoms with Crippen molar-refractivity contribution >= 4 is 23.6 Å². The zero-order valence-corrected chi connectivity index (χ0v) is 14.0. The molecule has 1 aliphatic rings. The third kappa shape index (κ3) is 5.35. The number of nitrogens with one attached hydrogen (secondary N) is 1. The maximum atomic E-state index is 12.7. The highest BCUT2D eigenvalue weighted by Gasteiger charge is 2.30. The molecule has 0 radical (unpaired) electrons. The van der Waals surface area contributed by atoms with Crippen LogP contribution in [-0.4, -0.2) is 46.8 Å². The van der Waals surface area contributed by atoms with Crippen LogP contribution in [0.4, 0.5) is 0 Å². The van der Waals surface area contributed by atoms with E-state index in [-0.39, 0.29) is 17.7 Å². The summed E-state index contributed by atoms with van der Waals surface area (Å²) in [6.07, 6.45) is 3.44. The molecule has 0 aromatic rings. The van der Waals surface area contributed by atoms with Crippen molar-refractivity contribution in [2.45, 2.75) is 58.2 Å². The number of thioether (sulfide) groups is 1. The van der Waals surface area contributed by atoms with E-state index in [9.17, 15) is 9.59 Å². The molecule has 1 aliphatic heterocycles. The van der Waals surface area contributed by atoms with Gasteiger partial charge in [0.2, 0.25) is 11.8 Å². The van der Waals surface area contributed by atoms with Crippen LogP contribution in [0.3, 0.4) is 0 Å². The largest absolute Gasteiger partial charge is 0.344 e. The van der Waals surface area contributed by atoms with E-state index < -0.39 is 6.04 Å². The maximum absolute atomic E-state index is 12.7. The van der Waals surface area contributed by atoms with E-state index in [1.54, 1.807) is 0 Å². The molecule has 1 rings (SSSR count). The summed E-state index contributed by atoms with van der Waals surface area (Å²) in [4.78, 5) is 25.9. The Bertz CT molecular complexity index is 334. The second-order valence-corrected chi connectivity index (χ2v) is 7.36. The fourth-order valence-electron chi connectivity index (χ4n) is 2.60. The van der Waals surface area contributed by atoms with Crippen LogP contribution < -0.4 is 5.32 Å². The van der Waals surface area contributed by atoms with E-state index in [1.165, 1.54) is 19.8 Å². The first kappa shape index (κ1) is 17.3. The second kappa shape index (κ2) is 8.55. The first-order valence-corrected chi connectivity index (χ1v) is 8.68. The molecule has 4 nitrogen and oxygen atoms in total. The lowest BCUT2D eigenvalue weighted by molar-refractivity contribution is -0.137. The van der Waals surface area contributed by atoms with Gasteiger partial charge in [0.15, 0.2) is 0 Å². The predicted molar refractivity (Wildman–Crippen MR) is 84.8 cm³/mol. The molecule has 2 atom stereocenters. The van der Waals surface area contributed by atoms with Crippen LogP contribution >= 0.6 is 11.8 Å². The van der Waals surface area contributed by atoms with Crippen molar-refractivity contribution in [1.82, 2.24) is 10.2 Å². The molecule has 2 unspecified atom stereocenters. The van der Waals surface area contributed by atoms with Gasteiger partial charge >= 0.3 is 0 Å². The molecule has 1 saturated heterocycles. The molecule has 2 amide bonds. The Morgan fingerprint density at radius 3 is 2.60 bits per heavy atom. The van der Waals surface area contributed by atoms with Crippen molar-refractivity contribution < 1.29 is 9.59 Å². The van der Waals surface area contributed by atoms with Gasteiger partial charge in [0.05, 0.1) is 0 Å². The van der Waals surface area contributed by atoms with Crippen LogP contribution in [0.5, 0.6) is 0 Å². The van der Waals surface area contributed by atoms with Crippen molar-refractivity contribution in [2.75, 3.05) is 18.8 Å². The number of hydrogen-bond acceptors (Lipinski definition) is 3. The smallest absolute Gasteiger partial charge is 0.245 e. The van der Waals surface area contributed by atoms with Gasteiger partial charge in [-0.15, -0.1) is 0 Å². The Balaban J connectivity index is 2.72. The summed E-state index contributed by atoms with van der Waals surface area (Å²) in [5, 5.41) is 3.35. The first-order chi connectivity index (χ1) is 9.45. The molecule has 1 fully saturated rings. The van der Waals surface area contributed by atoms with Gasteiger partial charge in [-0.25, -0.2) is 0 Å². The van der Waals surface area contributed by atoms with Gasteiger partial charge in [-0.2, -0.15) is 11.8 Å². The highest BCUT2D eigenvalue weighted by atomic mass is 32.2. The lowest BCUT2D eigenvalue weighted by Gasteiger charge is -2.30. The molecule has 0 bridgehead atoms. The standard InChI is InChI=1S/C15H28N2O2S/c1-5-20-13-8-6-7-9-17(10-13)15(19)14(11(2)3)16-12(4)18/h11,13-14H,5-10H2,1-4H3,(H,16,18). The highest BCUT2D eigenvalue weighted by Crippen LogP contribution is 2.23. The quantitative estimate of drug-likeness (QED) is 0.847. The Labute approximate surface area is 127 Å². The van der Waals surface area contributed by atoms with Crippen LogP contribution in [0, 0.1) is 5.92 Å². The van der Waals surface area contributed by atoms with Gasteiger partial charge in [0, 0.05) is 25.3 Å². The molecule has 0 spiro atoms. The van der Waals surface area contributed by atoms with Crippen molar-refractivity contribution in [2.24, 2.45) is 5.92 Å². The van der Waals surface area contributed by atoms with Gasteiger partial charge in [-0.3, -0.25) is 9.59 Å². The zero-order chi connectivity index (χ0) is 15.1. The normalized spacial score (nSPS) is 21.4. The van der Waals surface area contributed by atoms with Gasteiger partial charge in [-0.1, -0.05) is 27.2 Å². The molecule has 116 valence electrons. The van der Waals surface area contributed by atoms with E-state index in [1.807, 2.05) is 30.5 Å². The molecular formula is C15H28N2O2S. The zero-order valence-electron chi connectivity index (χ0n) is 13.1. The summed E-state index contributed by atoms with van der Waals surface area (Å²) >= 11 is 1.94. The molecule has 1 N–H and O–H groups in total. The van der Waals surface area contributed by atoms with Crippen molar-refractivity contribution in [1.29, 1.82) is 0 Å². The highest BCUT2D eigenvalue weighted by molar-refractivity contribution is 7.99. The molecule has 1 heterocycles. The van der Waals surface area contributed by atoms with E-state index in [4.69, 9.17) is 0 Å². The molecule has 0 aromatic heterocycles. The molecule has 20 heavy (non-hydrogen) atoms. The van der Waals surface area contributed by atoms with Crippen molar-refractivity contribution in [3.8, 4) is 0 Å². The summed E-state index contributed by atoms with van der Waals surface area (Å²) < 4.78 is 0. The van der Waals surface area contributed by atoms with E-state index >= 15 is 0 Å². The molecule has 0 aliphatic carbocycles. The number of hydrogen-bond donors (Lipinski definition) is 1. The number of nitrogens with zero attached hydrogens (tertiary/aromatic N) is 1. The Morgan fingerprint density at radius 2 is 2.05 bits per heavy atom. The van der Waals surface area contributed by atoms with Crippen LogP contribution in [0.1, 0.15) is 47.0 Å². The van der Waals surface area contributed by atoms with Gasteiger partial charge in [0.25, 0.3) is 0 Å². The summed E-state index contributed by atoms with van der Waals surface area (Å²) in [5.74, 6) is 1.16. The van der Waals surface area contributed by atoms with E-state index in [0.717, 1.165) is 25.3 Å². The Kier molecular flexibility index (Phi) is 7.41.